The van der Waals surface area contributed by atoms with Crippen LogP contribution in [0.1, 0.15) is 23.3 Å². The Kier molecular flexibility index (Phi) is 6.04. The van der Waals surface area contributed by atoms with Crippen LogP contribution in [0.15, 0.2) is 85.5 Å². The summed E-state index contributed by atoms with van der Waals surface area (Å²) < 4.78 is 0. The minimum atomic E-state index is -0.0860. The molecule has 2 aromatic carbocycles. The first-order valence-corrected chi connectivity index (χ1v) is 13.3. The molecule has 1 aliphatic heterocycles. The summed E-state index contributed by atoms with van der Waals surface area (Å²) in [6.07, 6.45) is 8.95. The number of fused-ring (bicyclic) bond motifs is 2. The predicted octanol–water partition coefficient (Wildman–Crippen LogP) is 5.04. The van der Waals surface area contributed by atoms with Crippen LogP contribution in [0, 0.1) is 0 Å². The normalized spacial score (nSPS) is 14.1. The zero-order valence-corrected chi connectivity index (χ0v) is 21.6. The van der Waals surface area contributed by atoms with Crippen LogP contribution in [0.4, 0.5) is 17.2 Å². The standard InChI is InChI=1S/C30H27N9O/c40-30(35-22-8-13-39(14-9-22)24-5-10-31-11-6-24)27-16-19-1-2-20(17-26(19)36-27)29-32-12-7-28(37-29)34-23-3-4-25-21(15-23)18-33-38-25/h1-7,10-12,15-18,22,36H,8-9,13-14H2,(H,33,38)(H,35,40)(H,32,34,37). The first-order valence-electron chi connectivity index (χ1n) is 13.3. The van der Waals surface area contributed by atoms with Crippen LogP contribution in [0.3, 0.4) is 0 Å². The second-order valence-electron chi connectivity index (χ2n) is 9.99. The van der Waals surface area contributed by atoms with Crippen molar-refractivity contribution in [1.29, 1.82) is 0 Å². The van der Waals surface area contributed by atoms with E-state index in [0.717, 1.165) is 59.0 Å². The van der Waals surface area contributed by atoms with Crippen molar-refractivity contribution in [2.45, 2.75) is 18.9 Å². The highest BCUT2D eigenvalue weighted by Crippen LogP contribution is 2.26. The zero-order chi connectivity index (χ0) is 26.9. The molecular formula is C30H27N9O. The van der Waals surface area contributed by atoms with Gasteiger partial charge >= 0.3 is 0 Å². The first-order chi connectivity index (χ1) is 19.7. The summed E-state index contributed by atoms with van der Waals surface area (Å²) in [5.41, 5.74) is 5.34. The molecule has 0 atom stereocenters. The lowest BCUT2D eigenvalue weighted by molar-refractivity contribution is 0.0927. The lowest BCUT2D eigenvalue weighted by atomic mass is 10.0. The molecular weight excluding hydrogens is 502 g/mol. The Morgan fingerprint density at radius 1 is 0.900 bits per heavy atom. The van der Waals surface area contributed by atoms with Crippen molar-refractivity contribution in [3.8, 4) is 11.4 Å². The molecule has 1 saturated heterocycles. The van der Waals surface area contributed by atoms with Gasteiger partial charge in [-0.15, -0.1) is 0 Å². The van der Waals surface area contributed by atoms with Crippen molar-refractivity contribution >= 4 is 44.9 Å². The van der Waals surface area contributed by atoms with E-state index in [4.69, 9.17) is 4.98 Å². The SMILES string of the molecule is O=C(NC1CCN(c2ccncc2)CC1)c1cc2ccc(-c3nccc(Nc4ccc5[nH]ncc5c4)n3)cc2[nH]1. The molecule has 40 heavy (non-hydrogen) atoms. The van der Waals surface area contributed by atoms with Crippen molar-refractivity contribution in [1.82, 2.24) is 35.5 Å². The van der Waals surface area contributed by atoms with Crippen molar-refractivity contribution in [2.24, 2.45) is 0 Å². The first kappa shape index (κ1) is 23.8. The molecule has 6 aromatic rings. The smallest absolute Gasteiger partial charge is 0.267 e. The van der Waals surface area contributed by atoms with Crippen LogP contribution < -0.4 is 15.5 Å². The largest absolute Gasteiger partial charge is 0.371 e. The molecule has 10 nitrogen and oxygen atoms in total. The van der Waals surface area contributed by atoms with E-state index in [1.807, 2.05) is 73.1 Å². The van der Waals surface area contributed by atoms with Gasteiger partial charge in [-0.05, 0) is 61.4 Å². The molecule has 0 aliphatic carbocycles. The van der Waals surface area contributed by atoms with E-state index >= 15 is 0 Å². The molecule has 0 radical (unpaired) electrons. The number of amides is 1. The van der Waals surface area contributed by atoms with Crippen molar-refractivity contribution in [3.05, 3.63) is 91.1 Å². The minimum Gasteiger partial charge on any atom is -0.371 e. The van der Waals surface area contributed by atoms with E-state index in [-0.39, 0.29) is 11.9 Å². The van der Waals surface area contributed by atoms with Crippen molar-refractivity contribution in [3.63, 3.8) is 0 Å². The molecule has 0 bridgehead atoms. The van der Waals surface area contributed by atoms with E-state index in [0.29, 0.717) is 17.3 Å². The summed E-state index contributed by atoms with van der Waals surface area (Å²) >= 11 is 0. The van der Waals surface area contributed by atoms with Gasteiger partial charge < -0.3 is 20.5 Å². The Balaban J connectivity index is 1.03. The summed E-state index contributed by atoms with van der Waals surface area (Å²) in [6.45, 7) is 1.80. The second-order valence-corrected chi connectivity index (χ2v) is 9.99. The lowest BCUT2D eigenvalue weighted by Gasteiger charge is -2.33. The Morgan fingerprint density at radius 2 is 1.77 bits per heavy atom. The third-order valence-electron chi connectivity index (χ3n) is 7.35. The molecule has 1 fully saturated rings. The second kappa shape index (κ2) is 10.1. The van der Waals surface area contributed by atoms with Gasteiger partial charge in [0.1, 0.15) is 11.5 Å². The number of anilines is 3. The third-order valence-corrected chi connectivity index (χ3v) is 7.35. The van der Waals surface area contributed by atoms with Crippen LogP contribution in [-0.4, -0.2) is 55.2 Å². The number of hydrogen-bond donors (Lipinski definition) is 4. The Hall–Kier alpha value is -5.25. The molecule has 0 unspecified atom stereocenters. The van der Waals surface area contributed by atoms with Crippen molar-refractivity contribution < 1.29 is 4.79 Å². The van der Waals surface area contributed by atoms with Gasteiger partial charge in [-0.2, -0.15) is 5.10 Å². The number of benzene rings is 2. The number of piperidine rings is 1. The van der Waals surface area contributed by atoms with Crippen LogP contribution in [0.5, 0.6) is 0 Å². The summed E-state index contributed by atoms with van der Waals surface area (Å²) in [5.74, 6) is 1.20. The van der Waals surface area contributed by atoms with E-state index in [1.165, 1.54) is 5.69 Å². The number of carbonyl (C=O) groups is 1. The molecule has 0 spiro atoms. The maximum atomic E-state index is 13.1. The molecule has 5 heterocycles. The van der Waals surface area contributed by atoms with Crippen LogP contribution >= 0.6 is 0 Å². The van der Waals surface area contributed by atoms with E-state index in [1.54, 1.807) is 12.4 Å². The molecule has 10 heteroatoms. The molecule has 198 valence electrons. The summed E-state index contributed by atoms with van der Waals surface area (Å²) in [4.78, 5) is 32.0. The number of aromatic amines is 2. The number of rotatable bonds is 6. The number of pyridine rings is 1. The topological polar surface area (TPSA) is 128 Å². The zero-order valence-electron chi connectivity index (χ0n) is 21.6. The number of carbonyl (C=O) groups excluding carboxylic acids is 1. The number of aromatic nitrogens is 6. The fraction of sp³-hybridized carbons (Fsp3) is 0.167. The monoisotopic (exact) mass is 529 g/mol. The fourth-order valence-electron chi connectivity index (χ4n) is 5.22. The van der Waals surface area contributed by atoms with Gasteiger partial charge in [-0.3, -0.25) is 14.9 Å². The number of nitrogens with zero attached hydrogens (tertiary/aromatic N) is 5. The van der Waals surface area contributed by atoms with Crippen LogP contribution in [0.25, 0.3) is 33.2 Å². The predicted molar refractivity (Wildman–Crippen MR) is 156 cm³/mol. The molecule has 7 rings (SSSR count). The summed E-state index contributed by atoms with van der Waals surface area (Å²) in [6, 6.07) is 19.8. The fourth-order valence-corrected chi connectivity index (χ4v) is 5.22. The maximum Gasteiger partial charge on any atom is 0.267 e. The Bertz CT molecular complexity index is 1800. The van der Waals surface area contributed by atoms with Gasteiger partial charge in [0.2, 0.25) is 0 Å². The summed E-state index contributed by atoms with van der Waals surface area (Å²) in [5, 5.41) is 15.6. The van der Waals surface area contributed by atoms with E-state index in [2.05, 4.69) is 40.7 Å². The van der Waals surface area contributed by atoms with Gasteiger partial charge in [0, 0.05) is 70.9 Å². The molecule has 0 saturated carbocycles. The Labute approximate surface area is 229 Å². The minimum absolute atomic E-state index is 0.0860. The number of hydrogen-bond acceptors (Lipinski definition) is 7. The van der Waals surface area contributed by atoms with Gasteiger partial charge in [0.25, 0.3) is 5.91 Å². The van der Waals surface area contributed by atoms with Gasteiger partial charge in [0.05, 0.1) is 11.7 Å². The Morgan fingerprint density at radius 3 is 2.65 bits per heavy atom. The molecule has 4 N–H and O–H groups in total. The van der Waals surface area contributed by atoms with Crippen molar-refractivity contribution in [2.75, 3.05) is 23.3 Å². The molecule has 1 amide bonds. The van der Waals surface area contributed by atoms with E-state index in [9.17, 15) is 4.79 Å². The highest BCUT2D eigenvalue weighted by Gasteiger charge is 2.22. The number of H-pyrrole nitrogens is 2. The summed E-state index contributed by atoms with van der Waals surface area (Å²) in [7, 11) is 0. The average molecular weight is 530 g/mol. The van der Waals surface area contributed by atoms with Gasteiger partial charge in [-0.25, -0.2) is 9.97 Å². The van der Waals surface area contributed by atoms with Gasteiger partial charge in [-0.1, -0.05) is 12.1 Å². The lowest BCUT2D eigenvalue weighted by Crippen LogP contribution is -2.44. The average Bonchev–Trinajstić information content (AvgIpc) is 3.65. The maximum absolute atomic E-state index is 13.1. The van der Waals surface area contributed by atoms with Crippen LogP contribution in [-0.2, 0) is 0 Å². The highest BCUT2D eigenvalue weighted by molar-refractivity contribution is 5.99. The van der Waals surface area contributed by atoms with E-state index < -0.39 is 0 Å². The highest BCUT2D eigenvalue weighted by atomic mass is 16.1. The quantitative estimate of drug-likeness (QED) is 0.238. The molecule has 1 aliphatic rings. The van der Waals surface area contributed by atoms with Crippen LogP contribution in [0.2, 0.25) is 0 Å². The molecule has 4 aromatic heterocycles. The third kappa shape index (κ3) is 4.82. The van der Waals surface area contributed by atoms with Gasteiger partial charge in [0.15, 0.2) is 5.82 Å². The number of nitrogens with one attached hydrogen (secondary N) is 4.